The number of benzene rings is 2. The number of nitrogens with zero attached hydrogens (tertiary/aromatic N) is 2. The van der Waals surface area contributed by atoms with E-state index >= 15 is 0 Å². The highest BCUT2D eigenvalue weighted by Crippen LogP contribution is 2.45. The van der Waals surface area contributed by atoms with Gasteiger partial charge in [0.15, 0.2) is 0 Å². The minimum absolute atomic E-state index is 1.25. The molecule has 5 nitrogen and oxygen atoms in total. The highest BCUT2D eigenvalue weighted by Gasteiger charge is 2.22. The van der Waals surface area contributed by atoms with Crippen LogP contribution in [0.3, 0.4) is 0 Å². The summed E-state index contributed by atoms with van der Waals surface area (Å²) in [6, 6.07) is 16.9. The highest BCUT2D eigenvalue weighted by molar-refractivity contribution is 5.92. The van der Waals surface area contributed by atoms with Crippen molar-refractivity contribution in [1.29, 1.82) is 0 Å². The van der Waals surface area contributed by atoms with Gasteiger partial charge < -0.3 is 20.0 Å². The molecule has 1 heterocycles. The zero-order valence-corrected chi connectivity index (χ0v) is 13.6. The van der Waals surface area contributed by atoms with Crippen LogP contribution in [0.1, 0.15) is 6.92 Å². The van der Waals surface area contributed by atoms with Gasteiger partial charge >= 0.3 is 6.16 Å². The van der Waals surface area contributed by atoms with Crippen molar-refractivity contribution in [3.05, 3.63) is 61.2 Å². The molecule has 1 aliphatic heterocycles. The number of carboxylic acid groups (broad SMARTS) is 2. The Balaban J connectivity index is 0.000000325. The van der Waals surface area contributed by atoms with Crippen molar-refractivity contribution in [2.24, 2.45) is 0 Å². The van der Waals surface area contributed by atoms with Crippen LogP contribution < -0.4 is 9.80 Å². The largest absolute Gasteiger partial charge is 0.503 e. The second-order valence-corrected chi connectivity index (χ2v) is 4.79. The summed E-state index contributed by atoms with van der Waals surface area (Å²) >= 11 is 0. The minimum Gasteiger partial charge on any atom is -0.450 e. The maximum atomic E-state index is 8.56. The van der Waals surface area contributed by atoms with Crippen LogP contribution in [0.4, 0.5) is 27.5 Å². The fourth-order valence-corrected chi connectivity index (χ4v) is 2.32. The molecular formula is C18H22N2O3. The Labute approximate surface area is 136 Å². The standard InChI is InChI=1S/C14H14N2.C3H6.CH2O3/c1-15-11-7-3-5-9-13(11)16(2)14-10-6-4-8-12(14)15;1-3-2;2-1(3)4/h3-10H,1-2H3;3H,1H2,2H3;(H2,2,3,4). The normalized spacial score (nSPS) is 10.9. The van der Waals surface area contributed by atoms with Gasteiger partial charge in [-0.05, 0) is 31.2 Å². The molecule has 0 atom stereocenters. The van der Waals surface area contributed by atoms with E-state index in [9.17, 15) is 0 Å². The third kappa shape index (κ3) is 4.51. The molecular weight excluding hydrogens is 292 g/mol. The van der Waals surface area contributed by atoms with E-state index < -0.39 is 6.16 Å². The lowest BCUT2D eigenvalue weighted by Gasteiger charge is -2.36. The fourth-order valence-electron chi connectivity index (χ4n) is 2.32. The number of fused-ring (bicyclic) bond motifs is 2. The lowest BCUT2D eigenvalue weighted by atomic mass is 10.1. The van der Waals surface area contributed by atoms with Gasteiger partial charge in [0.1, 0.15) is 0 Å². The molecule has 5 heteroatoms. The number of para-hydroxylation sites is 4. The summed E-state index contributed by atoms with van der Waals surface area (Å²) in [7, 11) is 4.23. The van der Waals surface area contributed by atoms with Crippen LogP contribution in [0.25, 0.3) is 0 Å². The van der Waals surface area contributed by atoms with Gasteiger partial charge in [-0.25, -0.2) is 4.79 Å². The van der Waals surface area contributed by atoms with E-state index in [0.29, 0.717) is 0 Å². The topological polar surface area (TPSA) is 64.0 Å². The number of hydrogen-bond donors (Lipinski definition) is 2. The Bertz CT molecular complexity index is 571. The summed E-state index contributed by atoms with van der Waals surface area (Å²) in [5, 5.41) is 13.9. The molecule has 0 fully saturated rings. The summed E-state index contributed by atoms with van der Waals surface area (Å²) in [5.41, 5.74) is 5.01. The van der Waals surface area contributed by atoms with Gasteiger partial charge in [0.2, 0.25) is 0 Å². The van der Waals surface area contributed by atoms with E-state index in [2.05, 4.69) is 79.0 Å². The Morgan fingerprint density at radius 2 is 1.04 bits per heavy atom. The van der Waals surface area contributed by atoms with Gasteiger partial charge in [-0.3, -0.25) is 0 Å². The van der Waals surface area contributed by atoms with E-state index in [4.69, 9.17) is 15.0 Å². The molecule has 0 unspecified atom stereocenters. The number of allylic oxidation sites excluding steroid dienone is 1. The van der Waals surface area contributed by atoms with Crippen molar-refractivity contribution >= 4 is 28.9 Å². The maximum absolute atomic E-state index is 8.56. The number of carbonyl (C=O) groups is 1. The van der Waals surface area contributed by atoms with Crippen LogP contribution in [0, 0.1) is 0 Å². The monoisotopic (exact) mass is 314 g/mol. The first kappa shape index (κ1) is 18.1. The zero-order chi connectivity index (χ0) is 17.4. The Morgan fingerprint density at radius 3 is 1.22 bits per heavy atom. The van der Waals surface area contributed by atoms with E-state index in [1.165, 1.54) is 22.7 Å². The van der Waals surface area contributed by atoms with Crippen LogP contribution in [-0.2, 0) is 0 Å². The number of hydrogen-bond acceptors (Lipinski definition) is 3. The van der Waals surface area contributed by atoms with Crippen LogP contribution in [0.2, 0.25) is 0 Å². The summed E-state index contributed by atoms with van der Waals surface area (Å²) < 4.78 is 0. The number of anilines is 4. The van der Waals surface area contributed by atoms with E-state index in [1.807, 2.05) is 6.92 Å². The first-order valence-corrected chi connectivity index (χ1v) is 7.08. The Kier molecular flexibility index (Phi) is 6.68. The highest BCUT2D eigenvalue weighted by atomic mass is 16.6. The molecule has 0 aromatic heterocycles. The van der Waals surface area contributed by atoms with E-state index in [-0.39, 0.29) is 0 Å². The SMILES string of the molecule is C=CC.CN1c2ccccc2N(C)c2ccccc21.O=C(O)O. The van der Waals surface area contributed by atoms with Gasteiger partial charge in [-0.1, -0.05) is 30.3 Å². The average Bonchev–Trinajstić information content (AvgIpc) is 2.53. The molecule has 0 amide bonds. The molecule has 3 rings (SSSR count). The van der Waals surface area contributed by atoms with Gasteiger partial charge in [-0.15, -0.1) is 6.58 Å². The molecule has 0 bridgehead atoms. The fraction of sp³-hybridized carbons (Fsp3) is 0.167. The van der Waals surface area contributed by atoms with Crippen molar-refractivity contribution in [2.45, 2.75) is 6.92 Å². The van der Waals surface area contributed by atoms with Gasteiger partial charge in [-0.2, -0.15) is 0 Å². The third-order valence-electron chi connectivity index (χ3n) is 3.21. The molecule has 0 saturated carbocycles. The molecule has 1 aliphatic rings. The van der Waals surface area contributed by atoms with Crippen molar-refractivity contribution < 1.29 is 15.0 Å². The van der Waals surface area contributed by atoms with Gasteiger partial charge in [0.05, 0.1) is 22.7 Å². The molecule has 23 heavy (non-hydrogen) atoms. The maximum Gasteiger partial charge on any atom is 0.503 e. The van der Waals surface area contributed by atoms with Crippen LogP contribution in [0.5, 0.6) is 0 Å². The summed E-state index contributed by atoms with van der Waals surface area (Å²) in [5.74, 6) is 0. The average molecular weight is 314 g/mol. The molecule has 2 aromatic carbocycles. The quantitative estimate of drug-likeness (QED) is 0.674. The summed E-state index contributed by atoms with van der Waals surface area (Å²) in [6.45, 7) is 5.25. The lowest BCUT2D eigenvalue weighted by molar-refractivity contribution is 0.137. The minimum atomic E-state index is -1.83. The first-order valence-electron chi connectivity index (χ1n) is 7.08. The third-order valence-corrected chi connectivity index (χ3v) is 3.21. The zero-order valence-electron chi connectivity index (χ0n) is 13.6. The molecule has 0 radical (unpaired) electrons. The molecule has 2 aromatic rings. The van der Waals surface area contributed by atoms with Crippen molar-refractivity contribution in [1.82, 2.24) is 0 Å². The predicted octanol–water partition coefficient (Wildman–Crippen LogP) is 4.95. The molecule has 122 valence electrons. The van der Waals surface area contributed by atoms with Crippen molar-refractivity contribution in [3.8, 4) is 0 Å². The van der Waals surface area contributed by atoms with Gasteiger partial charge in [0, 0.05) is 14.1 Å². The van der Waals surface area contributed by atoms with Gasteiger partial charge in [0.25, 0.3) is 0 Å². The molecule has 0 spiro atoms. The smallest absolute Gasteiger partial charge is 0.450 e. The summed E-state index contributed by atoms with van der Waals surface area (Å²) in [6.07, 6.45) is -0.0833. The Morgan fingerprint density at radius 1 is 0.870 bits per heavy atom. The first-order chi connectivity index (χ1) is 10.9. The lowest BCUT2D eigenvalue weighted by Crippen LogP contribution is -2.23. The van der Waals surface area contributed by atoms with Crippen LogP contribution in [-0.4, -0.2) is 30.5 Å². The van der Waals surface area contributed by atoms with Crippen molar-refractivity contribution in [3.63, 3.8) is 0 Å². The number of rotatable bonds is 0. The second kappa shape index (κ2) is 8.48. The van der Waals surface area contributed by atoms with Crippen LogP contribution in [0.15, 0.2) is 61.2 Å². The van der Waals surface area contributed by atoms with Crippen LogP contribution >= 0.6 is 0 Å². The molecule has 0 saturated heterocycles. The summed E-state index contributed by atoms with van der Waals surface area (Å²) in [4.78, 5) is 13.0. The second-order valence-electron chi connectivity index (χ2n) is 4.79. The molecule has 0 aliphatic carbocycles. The van der Waals surface area contributed by atoms with Crippen molar-refractivity contribution in [2.75, 3.05) is 23.9 Å². The van der Waals surface area contributed by atoms with E-state index in [1.54, 1.807) is 6.08 Å². The molecule has 2 N–H and O–H groups in total. The van der Waals surface area contributed by atoms with E-state index in [0.717, 1.165) is 0 Å². The Hall–Kier alpha value is -2.95. The predicted molar refractivity (Wildman–Crippen MR) is 95.5 cm³/mol.